The summed E-state index contributed by atoms with van der Waals surface area (Å²) in [6, 6.07) is 24.8. The van der Waals surface area contributed by atoms with Crippen LogP contribution in [0.4, 0.5) is 0 Å². The first-order chi connectivity index (χ1) is 24.7. The van der Waals surface area contributed by atoms with Crippen molar-refractivity contribution in [3.63, 3.8) is 0 Å². The number of oxazole rings is 1. The topological polar surface area (TPSA) is 168 Å². The molecule has 51 heavy (non-hydrogen) atoms. The van der Waals surface area contributed by atoms with Gasteiger partial charge >= 0.3 is 0 Å². The molecule has 13 heteroatoms. The quantitative estimate of drug-likeness (QED) is 0.142. The van der Waals surface area contributed by atoms with Gasteiger partial charge in [-0.3, -0.25) is 4.79 Å². The highest BCUT2D eigenvalue weighted by Crippen LogP contribution is 2.25. The molecular formula is C38H36N10O2S. The summed E-state index contributed by atoms with van der Waals surface area (Å²) in [5, 5.41) is 1.14. The lowest BCUT2D eigenvalue weighted by Gasteiger charge is -1.97. The third-order valence-electron chi connectivity index (χ3n) is 7.56. The average molecular weight is 697 g/mol. The Bertz CT molecular complexity index is 2360. The molecule has 0 spiro atoms. The van der Waals surface area contributed by atoms with Crippen LogP contribution in [0, 0.1) is 27.7 Å². The summed E-state index contributed by atoms with van der Waals surface area (Å²) in [4.78, 5) is 47.7. The van der Waals surface area contributed by atoms with E-state index in [4.69, 9.17) is 4.42 Å². The van der Waals surface area contributed by atoms with Crippen LogP contribution in [0.15, 0.2) is 107 Å². The number of aromatic nitrogens is 10. The summed E-state index contributed by atoms with van der Waals surface area (Å²) in [6.07, 6.45) is 7.91. The molecule has 6 aromatic heterocycles. The fraction of sp³-hybridized carbons (Fsp3) is 0.158. The molecule has 6 heterocycles. The zero-order valence-corrected chi connectivity index (χ0v) is 29.6. The molecule has 0 bridgehead atoms. The fourth-order valence-corrected chi connectivity index (χ4v) is 6.10. The van der Waals surface area contributed by atoms with E-state index in [0.29, 0.717) is 11.5 Å². The number of aromatic amines is 3. The number of aryl methyl sites for hydroxylation is 4. The predicted molar refractivity (Wildman–Crippen MR) is 203 cm³/mol. The second-order valence-electron chi connectivity index (χ2n) is 11.5. The molecule has 256 valence electrons. The molecule has 0 saturated carbocycles. The van der Waals surface area contributed by atoms with Crippen molar-refractivity contribution in [2.45, 2.75) is 41.0 Å². The van der Waals surface area contributed by atoms with Crippen LogP contribution in [0.25, 0.3) is 49.2 Å². The lowest BCUT2D eigenvalue weighted by molar-refractivity contribution is 0.557. The molecule has 1 aliphatic carbocycles. The standard InChI is InChI=1S/C10H10.C8H8N2.C8H7NS.C6H6N4.C6H5N3O2/c1-8-6-7-9-4-2-3-5-10(8)9;2*1-6-9-7-4-2-3-5-8(7)10-6;1-4-9-5-2-7-3-8-6(5)10-4;1-3-9-5-4(11-3)6(10)8-2-7-5/h2-6H,7H2,1H3;2-5H,1H3,(H,9,10);2-5H,1H3;2-3H,1H3,(H,7,8,9,10);2H,1H3,(H,7,8,10). The number of imidazole rings is 2. The van der Waals surface area contributed by atoms with E-state index in [2.05, 4.69) is 93.2 Å². The minimum Gasteiger partial charge on any atom is -0.433 e. The normalized spacial score (nSPS) is 11.4. The highest BCUT2D eigenvalue weighted by molar-refractivity contribution is 7.18. The summed E-state index contributed by atoms with van der Waals surface area (Å²) in [5.41, 5.74) is 9.46. The van der Waals surface area contributed by atoms with E-state index in [1.165, 1.54) is 34.1 Å². The van der Waals surface area contributed by atoms with Gasteiger partial charge in [-0.1, -0.05) is 54.6 Å². The number of rotatable bonds is 0. The van der Waals surface area contributed by atoms with Crippen LogP contribution in [0.3, 0.4) is 0 Å². The average Bonchev–Trinajstić information content (AvgIpc) is 3.95. The molecular weight excluding hydrogens is 661 g/mol. The maximum Gasteiger partial charge on any atom is 0.296 e. The fourth-order valence-electron chi connectivity index (χ4n) is 5.27. The predicted octanol–water partition coefficient (Wildman–Crippen LogP) is 8.00. The first-order valence-corrected chi connectivity index (χ1v) is 17.0. The Labute approximate surface area is 296 Å². The first-order valence-electron chi connectivity index (χ1n) is 16.1. The Balaban J connectivity index is 0.000000110. The smallest absolute Gasteiger partial charge is 0.296 e. The van der Waals surface area contributed by atoms with Crippen molar-refractivity contribution >= 4 is 60.6 Å². The van der Waals surface area contributed by atoms with Crippen LogP contribution in [-0.2, 0) is 6.42 Å². The van der Waals surface area contributed by atoms with Gasteiger partial charge in [0.1, 0.15) is 23.5 Å². The highest BCUT2D eigenvalue weighted by atomic mass is 32.1. The monoisotopic (exact) mass is 696 g/mol. The Hall–Kier alpha value is -6.34. The minimum atomic E-state index is -0.296. The van der Waals surface area contributed by atoms with E-state index in [1.807, 2.05) is 63.2 Å². The number of benzene rings is 3. The molecule has 0 amide bonds. The Morgan fingerprint density at radius 3 is 2.22 bits per heavy atom. The van der Waals surface area contributed by atoms with Crippen molar-refractivity contribution in [3.8, 4) is 0 Å². The van der Waals surface area contributed by atoms with Crippen LogP contribution in [0.5, 0.6) is 0 Å². The number of nitrogens with one attached hydrogen (secondary N) is 3. The van der Waals surface area contributed by atoms with Crippen molar-refractivity contribution in [3.05, 3.63) is 142 Å². The van der Waals surface area contributed by atoms with E-state index in [-0.39, 0.29) is 11.1 Å². The van der Waals surface area contributed by atoms with Gasteiger partial charge in [0.25, 0.3) is 5.56 Å². The zero-order chi connectivity index (χ0) is 35.7. The Kier molecular flexibility index (Phi) is 10.8. The molecule has 9 aromatic rings. The largest absolute Gasteiger partial charge is 0.433 e. The molecule has 0 saturated heterocycles. The van der Waals surface area contributed by atoms with Gasteiger partial charge in [-0.2, -0.15) is 4.98 Å². The Morgan fingerprint density at radius 2 is 1.45 bits per heavy atom. The van der Waals surface area contributed by atoms with E-state index >= 15 is 0 Å². The molecule has 12 nitrogen and oxygen atoms in total. The van der Waals surface area contributed by atoms with Crippen LogP contribution < -0.4 is 5.56 Å². The number of para-hydroxylation sites is 3. The third-order valence-corrected chi connectivity index (χ3v) is 8.52. The molecule has 0 aliphatic heterocycles. The summed E-state index contributed by atoms with van der Waals surface area (Å²) in [5.74, 6) is 2.29. The number of hydrogen-bond acceptors (Lipinski definition) is 10. The summed E-state index contributed by atoms with van der Waals surface area (Å²) in [6.45, 7) is 9.72. The molecule has 0 atom stereocenters. The Morgan fingerprint density at radius 1 is 0.725 bits per heavy atom. The van der Waals surface area contributed by atoms with Gasteiger partial charge in [-0.15, -0.1) is 11.3 Å². The lowest BCUT2D eigenvalue weighted by atomic mass is 10.1. The van der Waals surface area contributed by atoms with E-state index in [1.54, 1.807) is 24.5 Å². The molecule has 1 aliphatic rings. The van der Waals surface area contributed by atoms with E-state index in [0.717, 1.165) is 50.8 Å². The van der Waals surface area contributed by atoms with Crippen LogP contribution in [-0.4, -0.2) is 49.8 Å². The maximum atomic E-state index is 11.0. The number of hydrogen-bond donors (Lipinski definition) is 3. The molecule has 0 fully saturated rings. The van der Waals surface area contributed by atoms with Gasteiger partial charge in [0.15, 0.2) is 11.5 Å². The number of allylic oxidation sites excluding steroid dienone is 2. The molecule has 3 aromatic carbocycles. The second kappa shape index (κ2) is 15.9. The molecule has 0 unspecified atom stereocenters. The second-order valence-corrected chi connectivity index (χ2v) is 12.7. The minimum absolute atomic E-state index is 0.185. The molecule has 3 N–H and O–H groups in total. The van der Waals surface area contributed by atoms with Crippen LogP contribution >= 0.6 is 11.3 Å². The number of nitrogens with zero attached hydrogens (tertiary/aromatic N) is 7. The number of thiazole rings is 1. The first kappa shape index (κ1) is 34.5. The SMILES string of the molecule is CC1=CCc2ccccc21.Cc1nc2ccccc2[nH]1.Cc1nc2ccccc2s1.Cc1nc2nc[nH]c(=O)c2o1.Cc1nc2ncncc2[nH]1. The molecule has 0 radical (unpaired) electrons. The van der Waals surface area contributed by atoms with E-state index < -0.39 is 0 Å². The van der Waals surface area contributed by atoms with Gasteiger partial charge in [0.2, 0.25) is 11.2 Å². The summed E-state index contributed by atoms with van der Waals surface area (Å²) >= 11 is 1.74. The lowest BCUT2D eigenvalue weighted by Crippen LogP contribution is -2.04. The van der Waals surface area contributed by atoms with Crippen molar-refractivity contribution in [1.82, 2.24) is 49.8 Å². The molecule has 10 rings (SSSR count). The van der Waals surface area contributed by atoms with E-state index in [9.17, 15) is 4.79 Å². The number of fused-ring (bicyclic) bond motifs is 5. The van der Waals surface area contributed by atoms with Crippen molar-refractivity contribution < 1.29 is 4.42 Å². The van der Waals surface area contributed by atoms with Gasteiger partial charge in [0, 0.05) is 6.92 Å². The van der Waals surface area contributed by atoms with Crippen LogP contribution in [0.2, 0.25) is 0 Å². The van der Waals surface area contributed by atoms with Gasteiger partial charge in [-0.05, 0) is 75.1 Å². The summed E-state index contributed by atoms with van der Waals surface area (Å²) in [7, 11) is 0. The third kappa shape index (κ3) is 8.83. The van der Waals surface area contributed by atoms with Gasteiger partial charge < -0.3 is 19.4 Å². The van der Waals surface area contributed by atoms with Crippen molar-refractivity contribution in [1.29, 1.82) is 0 Å². The van der Waals surface area contributed by atoms with Crippen molar-refractivity contribution in [2.24, 2.45) is 0 Å². The van der Waals surface area contributed by atoms with Crippen LogP contribution in [0.1, 0.15) is 40.6 Å². The maximum absolute atomic E-state index is 11.0. The van der Waals surface area contributed by atoms with Gasteiger partial charge in [0.05, 0.1) is 38.8 Å². The van der Waals surface area contributed by atoms with Gasteiger partial charge in [-0.25, -0.2) is 29.9 Å². The summed E-state index contributed by atoms with van der Waals surface area (Å²) < 4.78 is 6.26. The highest BCUT2D eigenvalue weighted by Gasteiger charge is 2.07. The number of H-pyrrole nitrogens is 3. The zero-order valence-electron chi connectivity index (χ0n) is 28.8. The van der Waals surface area contributed by atoms with Crippen molar-refractivity contribution in [2.75, 3.05) is 0 Å².